The average Bonchev–Trinajstić information content (AvgIpc) is 3.46. The van der Waals surface area contributed by atoms with Crippen LogP contribution in [0.4, 0.5) is 8.78 Å². The van der Waals surface area contributed by atoms with Crippen LogP contribution in [0.1, 0.15) is 37.4 Å². The molecule has 8 heteroatoms. The molecule has 0 saturated heterocycles. The van der Waals surface area contributed by atoms with Gasteiger partial charge in [0, 0.05) is 18.0 Å². The summed E-state index contributed by atoms with van der Waals surface area (Å²) in [6, 6.07) is 1.89. The number of halogens is 2. The van der Waals surface area contributed by atoms with Crippen molar-refractivity contribution in [2.45, 2.75) is 32.6 Å². The number of nitrogens with zero attached hydrogens (tertiary/aromatic N) is 4. The van der Waals surface area contributed by atoms with Gasteiger partial charge in [0.1, 0.15) is 11.4 Å². The summed E-state index contributed by atoms with van der Waals surface area (Å²) in [4.78, 5) is 8.20. The van der Waals surface area contributed by atoms with E-state index >= 15 is 0 Å². The predicted molar refractivity (Wildman–Crippen MR) is 94.7 cm³/mol. The zero-order valence-corrected chi connectivity index (χ0v) is 15.5. The normalized spacial score (nSPS) is 18.2. The van der Waals surface area contributed by atoms with Crippen LogP contribution >= 0.6 is 0 Å². The average molecular weight is 374 g/mol. The highest BCUT2D eigenvalue weighted by atomic mass is 19.3. The molecule has 2 aromatic heterocycles. The van der Waals surface area contributed by atoms with E-state index < -0.39 is 12.3 Å². The molecule has 0 aromatic carbocycles. The van der Waals surface area contributed by atoms with Gasteiger partial charge in [-0.1, -0.05) is 19.8 Å². The van der Waals surface area contributed by atoms with Crippen molar-refractivity contribution in [2.75, 3.05) is 14.2 Å². The van der Waals surface area contributed by atoms with Gasteiger partial charge in [-0.25, -0.2) is 13.8 Å². The second-order valence-corrected chi connectivity index (χ2v) is 6.58. The predicted octanol–water partition coefficient (Wildman–Crippen LogP) is 3.33. The number of hydrogen-bond acceptors (Lipinski definition) is 6. The third kappa shape index (κ3) is 4.13. The number of hydrogen-bond donors (Lipinski definition) is 0. The molecule has 1 aliphatic carbocycles. The Morgan fingerprint density at radius 3 is 2.56 bits per heavy atom. The van der Waals surface area contributed by atoms with E-state index in [4.69, 9.17) is 9.47 Å². The summed E-state index contributed by atoms with van der Waals surface area (Å²) in [5.41, 5.74) is 2.06. The fourth-order valence-corrected chi connectivity index (χ4v) is 2.76. The summed E-state index contributed by atoms with van der Waals surface area (Å²) >= 11 is 0. The zero-order valence-electron chi connectivity index (χ0n) is 15.5. The molecule has 2 heterocycles. The zero-order chi connectivity index (χ0) is 19.6. The first-order valence-electron chi connectivity index (χ1n) is 8.57. The molecule has 1 fully saturated rings. The number of alkyl halides is 2. The fourth-order valence-electron chi connectivity index (χ4n) is 2.76. The van der Waals surface area contributed by atoms with E-state index in [9.17, 15) is 8.78 Å². The van der Waals surface area contributed by atoms with Gasteiger partial charge < -0.3 is 9.47 Å². The SMILES string of the molecule is COc1ncc(-c2cc([C@H]3C[C@@H]3C(F)F)c(C#CC(C)C)nn2)c(OC)n1. The molecule has 2 atom stereocenters. The van der Waals surface area contributed by atoms with Gasteiger partial charge in [-0.05, 0) is 29.9 Å². The van der Waals surface area contributed by atoms with Crippen LogP contribution in [0.2, 0.25) is 0 Å². The summed E-state index contributed by atoms with van der Waals surface area (Å²) in [5, 5.41) is 8.38. The highest BCUT2D eigenvalue weighted by Gasteiger charge is 2.46. The quantitative estimate of drug-likeness (QED) is 0.748. The highest BCUT2D eigenvalue weighted by molar-refractivity contribution is 5.65. The molecule has 142 valence electrons. The molecule has 2 aromatic rings. The van der Waals surface area contributed by atoms with Crippen LogP contribution in [0.15, 0.2) is 12.3 Å². The van der Waals surface area contributed by atoms with Crippen molar-refractivity contribution in [3.8, 4) is 35.0 Å². The van der Waals surface area contributed by atoms with E-state index in [1.165, 1.54) is 20.4 Å². The number of ether oxygens (including phenoxy) is 2. The second kappa shape index (κ2) is 7.82. The Morgan fingerprint density at radius 2 is 1.96 bits per heavy atom. The molecule has 1 aliphatic rings. The third-order valence-corrected chi connectivity index (χ3v) is 4.25. The van der Waals surface area contributed by atoms with Crippen molar-refractivity contribution >= 4 is 0 Å². The molecule has 1 saturated carbocycles. The lowest BCUT2D eigenvalue weighted by atomic mass is 10.0. The van der Waals surface area contributed by atoms with Crippen LogP contribution in [0.3, 0.4) is 0 Å². The first kappa shape index (κ1) is 19.0. The van der Waals surface area contributed by atoms with Gasteiger partial charge in [0.25, 0.3) is 0 Å². The van der Waals surface area contributed by atoms with Crippen molar-refractivity contribution in [3.63, 3.8) is 0 Å². The van der Waals surface area contributed by atoms with Gasteiger partial charge in [-0.15, -0.1) is 10.2 Å². The molecule has 0 spiro atoms. The van der Waals surface area contributed by atoms with Crippen molar-refractivity contribution in [3.05, 3.63) is 23.5 Å². The topological polar surface area (TPSA) is 70.0 Å². The lowest BCUT2D eigenvalue weighted by Crippen LogP contribution is -2.03. The first-order chi connectivity index (χ1) is 12.9. The van der Waals surface area contributed by atoms with Crippen LogP contribution in [0.25, 0.3) is 11.3 Å². The first-order valence-corrected chi connectivity index (χ1v) is 8.57. The smallest absolute Gasteiger partial charge is 0.319 e. The lowest BCUT2D eigenvalue weighted by Gasteiger charge is -2.10. The Balaban J connectivity index is 2.05. The summed E-state index contributed by atoms with van der Waals surface area (Å²) in [6.07, 6.45) is -0.443. The maximum Gasteiger partial charge on any atom is 0.319 e. The number of methoxy groups -OCH3 is 2. The van der Waals surface area contributed by atoms with Crippen molar-refractivity contribution in [1.29, 1.82) is 0 Å². The molecule has 0 radical (unpaired) electrons. The molecular weight excluding hydrogens is 354 g/mol. The van der Waals surface area contributed by atoms with E-state index in [1.54, 1.807) is 6.07 Å². The molecule has 0 amide bonds. The second-order valence-electron chi connectivity index (χ2n) is 6.58. The minimum absolute atomic E-state index is 0.138. The largest absolute Gasteiger partial charge is 0.480 e. The van der Waals surface area contributed by atoms with Crippen LogP contribution < -0.4 is 9.47 Å². The van der Waals surface area contributed by atoms with E-state index in [0.717, 1.165) is 0 Å². The van der Waals surface area contributed by atoms with Crippen LogP contribution in [0, 0.1) is 23.7 Å². The molecule has 3 rings (SSSR count). The van der Waals surface area contributed by atoms with Gasteiger partial charge in [0.05, 0.1) is 19.8 Å². The highest BCUT2D eigenvalue weighted by Crippen LogP contribution is 2.52. The molecule has 0 unspecified atom stereocenters. The molecule has 0 aliphatic heterocycles. The molecule has 0 N–H and O–H groups in total. The van der Waals surface area contributed by atoms with E-state index in [-0.39, 0.29) is 23.7 Å². The minimum atomic E-state index is -2.36. The van der Waals surface area contributed by atoms with E-state index in [0.29, 0.717) is 28.9 Å². The summed E-state index contributed by atoms with van der Waals surface area (Å²) < 4.78 is 36.5. The summed E-state index contributed by atoms with van der Waals surface area (Å²) in [7, 11) is 2.92. The Kier molecular flexibility index (Phi) is 5.49. The van der Waals surface area contributed by atoms with Gasteiger partial charge in [0.15, 0.2) is 0 Å². The lowest BCUT2D eigenvalue weighted by molar-refractivity contribution is 0.120. The maximum absolute atomic E-state index is 13.1. The maximum atomic E-state index is 13.1. The Hall–Kier alpha value is -2.82. The fraction of sp³-hybridized carbons (Fsp3) is 0.474. The number of aromatic nitrogens is 4. The Morgan fingerprint density at radius 1 is 1.19 bits per heavy atom. The van der Waals surface area contributed by atoms with E-state index in [1.807, 2.05) is 13.8 Å². The monoisotopic (exact) mass is 374 g/mol. The van der Waals surface area contributed by atoms with E-state index in [2.05, 4.69) is 32.0 Å². The van der Waals surface area contributed by atoms with Crippen LogP contribution in [-0.2, 0) is 0 Å². The molecule has 27 heavy (non-hydrogen) atoms. The van der Waals surface area contributed by atoms with Gasteiger partial charge in [-0.2, -0.15) is 4.98 Å². The van der Waals surface area contributed by atoms with Gasteiger partial charge >= 0.3 is 6.01 Å². The molecular formula is C19H20F2N4O2. The molecule has 0 bridgehead atoms. The Bertz CT molecular complexity index is 893. The van der Waals surface area contributed by atoms with Crippen molar-refractivity contribution < 1.29 is 18.3 Å². The number of rotatable bonds is 5. The van der Waals surface area contributed by atoms with Gasteiger partial charge in [-0.3, -0.25) is 0 Å². The third-order valence-electron chi connectivity index (χ3n) is 4.25. The summed E-state index contributed by atoms with van der Waals surface area (Å²) in [5.74, 6) is 5.45. The minimum Gasteiger partial charge on any atom is -0.480 e. The summed E-state index contributed by atoms with van der Waals surface area (Å²) in [6.45, 7) is 3.90. The van der Waals surface area contributed by atoms with Crippen LogP contribution in [0.5, 0.6) is 11.9 Å². The standard InChI is InChI=1S/C19H20F2N4O2/c1-10(2)5-6-15-12(11-7-13(11)17(20)21)8-16(25-24-15)14-9-22-19(27-4)23-18(14)26-3/h8-11,13,17H,7H2,1-4H3/t11-,13+/m1/s1. The van der Waals surface area contributed by atoms with Crippen LogP contribution in [-0.4, -0.2) is 40.8 Å². The molecule has 6 nitrogen and oxygen atoms in total. The Labute approximate surface area is 156 Å². The van der Waals surface area contributed by atoms with Gasteiger partial charge in [0.2, 0.25) is 12.3 Å². The van der Waals surface area contributed by atoms with Crippen molar-refractivity contribution in [2.24, 2.45) is 11.8 Å². The van der Waals surface area contributed by atoms with Crippen molar-refractivity contribution in [1.82, 2.24) is 20.2 Å².